The Morgan fingerprint density at radius 1 is 1.10 bits per heavy atom. The van der Waals surface area contributed by atoms with Crippen LogP contribution in [0.4, 0.5) is 0 Å². The van der Waals surface area contributed by atoms with E-state index in [9.17, 15) is 0 Å². The Kier molecular flexibility index (Phi) is 4.73. The van der Waals surface area contributed by atoms with E-state index < -0.39 is 0 Å². The summed E-state index contributed by atoms with van der Waals surface area (Å²) in [7, 11) is 0. The molecule has 0 aliphatic heterocycles. The lowest BCUT2D eigenvalue weighted by molar-refractivity contribution is 0.516. The van der Waals surface area contributed by atoms with Crippen LogP contribution in [0.2, 0.25) is 0 Å². The van der Waals surface area contributed by atoms with Crippen molar-refractivity contribution in [1.29, 1.82) is 0 Å². The van der Waals surface area contributed by atoms with Crippen LogP contribution in [0, 0.1) is 0 Å². The molecule has 21 heavy (non-hydrogen) atoms. The summed E-state index contributed by atoms with van der Waals surface area (Å²) in [5.41, 5.74) is 1.34. The number of fused-ring (bicyclic) bond motifs is 1. The van der Waals surface area contributed by atoms with E-state index >= 15 is 0 Å². The quantitative estimate of drug-likeness (QED) is 0.581. The molecule has 3 heteroatoms. The van der Waals surface area contributed by atoms with Gasteiger partial charge in [0.25, 0.3) is 0 Å². The van der Waals surface area contributed by atoms with Crippen molar-refractivity contribution < 1.29 is 0 Å². The van der Waals surface area contributed by atoms with Gasteiger partial charge < -0.3 is 5.32 Å². The molecule has 0 spiro atoms. The molecule has 0 radical (unpaired) electrons. The van der Waals surface area contributed by atoms with Crippen LogP contribution in [0.3, 0.4) is 0 Å². The predicted octanol–water partition coefficient (Wildman–Crippen LogP) is 6.08. The Hall–Kier alpha value is -1.16. The fraction of sp³-hybridized carbons (Fsp3) is 0.333. The van der Waals surface area contributed by atoms with Crippen molar-refractivity contribution in [3.05, 3.63) is 46.7 Å². The van der Waals surface area contributed by atoms with Gasteiger partial charge in [-0.3, -0.25) is 0 Å². The highest BCUT2D eigenvalue weighted by Gasteiger charge is 2.12. The molecular formula is C18H21NS2. The molecule has 110 valence electrons. The van der Waals surface area contributed by atoms with Gasteiger partial charge in [-0.1, -0.05) is 26.3 Å². The molecule has 3 aromatic rings. The number of nitrogens with one attached hydrogen (secondary N) is 1. The maximum Gasteiger partial charge on any atom is 0.0414 e. The minimum atomic E-state index is 0.503. The summed E-state index contributed by atoms with van der Waals surface area (Å²) in [5.74, 6) is 0. The Morgan fingerprint density at radius 3 is 2.81 bits per heavy atom. The number of hydrogen-bond acceptors (Lipinski definition) is 3. The number of benzene rings is 1. The van der Waals surface area contributed by atoms with Gasteiger partial charge in [-0.15, -0.1) is 22.7 Å². The summed E-state index contributed by atoms with van der Waals surface area (Å²) < 4.78 is 1.37. The van der Waals surface area contributed by atoms with Crippen molar-refractivity contribution in [2.24, 2.45) is 0 Å². The smallest absolute Gasteiger partial charge is 0.0414 e. The molecule has 3 rings (SSSR count). The van der Waals surface area contributed by atoms with Gasteiger partial charge in [-0.05, 0) is 59.6 Å². The molecule has 1 unspecified atom stereocenters. The summed E-state index contributed by atoms with van der Waals surface area (Å²) in [4.78, 5) is 2.83. The second-order valence-electron chi connectivity index (χ2n) is 5.27. The maximum atomic E-state index is 3.60. The van der Waals surface area contributed by atoms with Crippen molar-refractivity contribution in [2.75, 3.05) is 6.54 Å². The average molecular weight is 316 g/mol. The topological polar surface area (TPSA) is 12.0 Å². The molecule has 0 aliphatic rings. The first-order valence-electron chi connectivity index (χ1n) is 7.62. The molecule has 1 atom stereocenters. The predicted molar refractivity (Wildman–Crippen MR) is 96.5 cm³/mol. The first-order chi connectivity index (χ1) is 10.3. The molecule has 1 N–H and O–H groups in total. The van der Waals surface area contributed by atoms with Crippen molar-refractivity contribution in [3.8, 4) is 10.4 Å². The second kappa shape index (κ2) is 6.73. The molecule has 0 amide bonds. The van der Waals surface area contributed by atoms with Crippen molar-refractivity contribution in [3.63, 3.8) is 0 Å². The van der Waals surface area contributed by atoms with Gasteiger partial charge in [-0.25, -0.2) is 0 Å². The second-order valence-corrected chi connectivity index (χ2v) is 7.34. The fourth-order valence-corrected chi connectivity index (χ4v) is 4.58. The summed E-state index contributed by atoms with van der Waals surface area (Å²) in [6.07, 6.45) is 2.42. The molecule has 1 aromatic carbocycles. The molecule has 0 bridgehead atoms. The Morgan fingerprint density at radius 2 is 2.00 bits per heavy atom. The van der Waals surface area contributed by atoms with E-state index in [0.717, 1.165) is 6.54 Å². The van der Waals surface area contributed by atoms with Gasteiger partial charge in [0.15, 0.2) is 0 Å². The summed E-state index contributed by atoms with van der Waals surface area (Å²) >= 11 is 3.73. The lowest BCUT2D eigenvalue weighted by Crippen LogP contribution is -2.19. The highest BCUT2D eigenvalue weighted by atomic mass is 32.1. The van der Waals surface area contributed by atoms with Crippen LogP contribution in [0.25, 0.3) is 20.5 Å². The zero-order valence-electron chi connectivity index (χ0n) is 12.6. The number of hydrogen-bond donors (Lipinski definition) is 1. The van der Waals surface area contributed by atoms with Crippen LogP contribution in [0.15, 0.2) is 41.8 Å². The third kappa shape index (κ3) is 3.20. The molecule has 2 aromatic heterocycles. The maximum absolute atomic E-state index is 3.60. The molecule has 0 aliphatic carbocycles. The lowest BCUT2D eigenvalue weighted by Gasteiger charge is -2.15. The van der Waals surface area contributed by atoms with Crippen molar-refractivity contribution >= 4 is 32.8 Å². The first-order valence-corrected chi connectivity index (χ1v) is 9.32. The minimum absolute atomic E-state index is 0.503. The van der Waals surface area contributed by atoms with Crippen LogP contribution in [0.1, 0.15) is 37.6 Å². The minimum Gasteiger partial charge on any atom is -0.310 e. The summed E-state index contributed by atoms with van der Waals surface area (Å²) in [6, 6.07) is 14.1. The normalized spacial score (nSPS) is 12.9. The van der Waals surface area contributed by atoms with Gasteiger partial charge in [0, 0.05) is 20.5 Å². The van der Waals surface area contributed by atoms with Crippen LogP contribution >= 0.6 is 22.7 Å². The van der Waals surface area contributed by atoms with E-state index in [2.05, 4.69) is 60.9 Å². The van der Waals surface area contributed by atoms with E-state index in [4.69, 9.17) is 0 Å². The Labute approximate surface area is 134 Å². The third-order valence-electron chi connectivity index (χ3n) is 3.74. The fourth-order valence-electron chi connectivity index (χ4n) is 2.70. The number of rotatable bonds is 6. The Balaban J connectivity index is 1.89. The van der Waals surface area contributed by atoms with E-state index in [-0.39, 0.29) is 0 Å². The van der Waals surface area contributed by atoms with Gasteiger partial charge in [0.1, 0.15) is 0 Å². The standard InChI is InChI=1S/C18H21NS2/c1-3-5-15(19-4-2)18-9-8-17(21-18)13-6-7-16-14(12-13)10-11-20-16/h6-12,15,19H,3-5H2,1-2H3. The van der Waals surface area contributed by atoms with E-state index in [1.807, 2.05) is 22.7 Å². The van der Waals surface area contributed by atoms with Crippen molar-refractivity contribution in [1.82, 2.24) is 5.32 Å². The lowest BCUT2D eigenvalue weighted by atomic mass is 10.1. The summed E-state index contributed by atoms with van der Waals surface area (Å²) in [5, 5.41) is 7.12. The first kappa shape index (κ1) is 14.8. The zero-order valence-corrected chi connectivity index (χ0v) is 14.2. The van der Waals surface area contributed by atoms with Crippen molar-refractivity contribution in [2.45, 2.75) is 32.7 Å². The van der Waals surface area contributed by atoms with Crippen LogP contribution in [0.5, 0.6) is 0 Å². The average Bonchev–Trinajstić information content (AvgIpc) is 3.15. The van der Waals surface area contributed by atoms with E-state index in [1.54, 1.807) is 0 Å². The van der Waals surface area contributed by atoms with E-state index in [0.29, 0.717) is 6.04 Å². The van der Waals surface area contributed by atoms with Gasteiger partial charge in [-0.2, -0.15) is 0 Å². The molecular weight excluding hydrogens is 294 g/mol. The molecule has 2 heterocycles. The molecule has 0 fully saturated rings. The summed E-state index contributed by atoms with van der Waals surface area (Å²) in [6.45, 7) is 5.46. The van der Waals surface area contributed by atoms with Gasteiger partial charge >= 0.3 is 0 Å². The number of thiophene rings is 2. The Bertz CT molecular complexity index is 705. The third-order valence-corrected chi connectivity index (χ3v) is 5.88. The van der Waals surface area contributed by atoms with Gasteiger partial charge in [0.05, 0.1) is 0 Å². The SMILES string of the molecule is CCCC(NCC)c1ccc(-c2ccc3sccc3c2)s1. The zero-order chi connectivity index (χ0) is 14.7. The molecule has 1 nitrogen and oxygen atoms in total. The highest BCUT2D eigenvalue weighted by Crippen LogP contribution is 2.35. The molecule has 0 saturated carbocycles. The van der Waals surface area contributed by atoms with Crippen LogP contribution in [-0.2, 0) is 0 Å². The van der Waals surface area contributed by atoms with Crippen LogP contribution < -0.4 is 5.32 Å². The highest BCUT2D eigenvalue weighted by molar-refractivity contribution is 7.17. The molecule has 0 saturated heterocycles. The van der Waals surface area contributed by atoms with Crippen LogP contribution in [-0.4, -0.2) is 6.54 Å². The largest absolute Gasteiger partial charge is 0.310 e. The monoisotopic (exact) mass is 315 g/mol. The van der Waals surface area contributed by atoms with E-state index in [1.165, 1.54) is 38.2 Å². The van der Waals surface area contributed by atoms with Gasteiger partial charge in [0.2, 0.25) is 0 Å².